The number of anilines is 3. The van der Waals surface area contributed by atoms with Crippen LogP contribution in [-0.2, 0) is 0 Å². The van der Waals surface area contributed by atoms with Crippen molar-refractivity contribution < 1.29 is 13.6 Å². The van der Waals surface area contributed by atoms with Crippen molar-refractivity contribution in [2.24, 2.45) is 0 Å². The molecule has 0 aliphatic rings. The maximum Gasteiger partial charge on any atom is 0.277 e. The molecule has 1 amide bonds. The van der Waals surface area contributed by atoms with Gasteiger partial charge in [0.25, 0.3) is 5.91 Å². The first-order chi connectivity index (χ1) is 13.0. The van der Waals surface area contributed by atoms with Crippen LogP contribution in [0, 0.1) is 18.6 Å². The minimum atomic E-state index is -0.983. The largest absolute Gasteiger partial charge is 0.324 e. The zero-order valence-corrected chi connectivity index (χ0v) is 14.9. The van der Waals surface area contributed by atoms with E-state index < -0.39 is 11.6 Å². The van der Waals surface area contributed by atoms with Gasteiger partial charge in [-0.1, -0.05) is 12.1 Å². The molecule has 0 aliphatic heterocycles. The third-order valence-corrected chi connectivity index (χ3v) is 3.93. The van der Waals surface area contributed by atoms with Gasteiger partial charge in [0.15, 0.2) is 11.6 Å². The highest BCUT2D eigenvalue weighted by Crippen LogP contribution is 2.20. The van der Waals surface area contributed by atoms with Crippen molar-refractivity contribution in [2.45, 2.75) is 13.8 Å². The molecule has 0 saturated heterocycles. The number of aryl methyl sites for hydroxylation is 1. The highest BCUT2D eigenvalue weighted by atomic mass is 19.2. The maximum atomic E-state index is 13.3. The lowest BCUT2D eigenvalue weighted by atomic mass is 10.2. The molecular weight excluding hydrogens is 350 g/mol. The van der Waals surface area contributed by atoms with Gasteiger partial charge in [-0.15, -0.1) is 0 Å². The SMILES string of the molecule is CCN(C(=O)c1ccnc(Nc2ccc(F)c(F)c2)n1)c1cccc(C)c1. The molecule has 0 aliphatic carbocycles. The van der Waals surface area contributed by atoms with Gasteiger partial charge >= 0.3 is 0 Å². The van der Waals surface area contributed by atoms with Gasteiger partial charge in [-0.2, -0.15) is 0 Å². The summed E-state index contributed by atoms with van der Waals surface area (Å²) in [5, 5.41) is 2.77. The van der Waals surface area contributed by atoms with E-state index in [1.807, 2.05) is 38.1 Å². The minimum Gasteiger partial charge on any atom is -0.324 e. The fraction of sp³-hybridized carbons (Fsp3) is 0.150. The molecule has 7 heteroatoms. The number of rotatable bonds is 5. The lowest BCUT2D eigenvalue weighted by molar-refractivity contribution is 0.0983. The van der Waals surface area contributed by atoms with Crippen molar-refractivity contribution >= 4 is 23.2 Å². The Labute approximate surface area is 155 Å². The number of halogens is 2. The Kier molecular flexibility index (Phi) is 5.40. The molecule has 1 heterocycles. The summed E-state index contributed by atoms with van der Waals surface area (Å²) in [5.41, 5.74) is 2.29. The van der Waals surface area contributed by atoms with Gasteiger partial charge in [0.2, 0.25) is 5.95 Å². The lowest BCUT2D eigenvalue weighted by Gasteiger charge is -2.21. The van der Waals surface area contributed by atoms with Gasteiger partial charge in [0.1, 0.15) is 5.69 Å². The summed E-state index contributed by atoms with van der Waals surface area (Å²) >= 11 is 0. The number of hydrogen-bond acceptors (Lipinski definition) is 4. The average Bonchev–Trinajstić information content (AvgIpc) is 2.65. The van der Waals surface area contributed by atoms with Crippen LogP contribution in [0.15, 0.2) is 54.7 Å². The molecule has 138 valence electrons. The molecule has 5 nitrogen and oxygen atoms in total. The molecule has 2 aromatic carbocycles. The van der Waals surface area contributed by atoms with Crippen molar-refractivity contribution in [3.8, 4) is 0 Å². The Balaban J connectivity index is 1.85. The molecular formula is C20H18F2N4O. The van der Waals surface area contributed by atoms with Crippen LogP contribution in [0.5, 0.6) is 0 Å². The second kappa shape index (κ2) is 7.90. The Morgan fingerprint density at radius 2 is 1.93 bits per heavy atom. The standard InChI is InChI=1S/C20H18F2N4O/c1-3-26(15-6-4-5-13(2)11-15)19(27)18-9-10-23-20(25-18)24-14-7-8-16(21)17(22)12-14/h4-12H,3H2,1-2H3,(H,23,24,25). The zero-order valence-electron chi connectivity index (χ0n) is 14.9. The lowest BCUT2D eigenvalue weighted by Crippen LogP contribution is -2.31. The van der Waals surface area contributed by atoms with Gasteiger partial charge in [0.05, 0.1) is 0 Å². The number of hydrogen-bond donors (Lipinski definition) is 1. The molecule has 1 N–H and O–H groups in total. The van der Waals surface area contributed by atoms with Crippen LogP contribution >= 0.6 is 0 Å². The molecule has 0 unspecified atom stereocenters. The van der Waals surface area contributed by atoms with Crippen molar-refractivity contribution in [3.05, 3.63) is 77.6 Å². The van der Waals surface area contributed by atoms with E-state index in [1.54, 1.807) is 4.90 Å². The monoisotopic (exact) mass is 368 g/mol. The van der Waals surface area contributed by atoms with Crippen molar-refractivity contribution in [1.29, 1.82) is 0 Å². The third kappa shape index (κ3) is 4.25. The normalized spacial score (nSPS) is 10.5. The van der Waals surface area contributed by atoms with Crippen LogP contribution in [0.25, 0.3) is 0 Å². The third-order valence-electron chi connectivity index (χ3n) is 3.93. The van der Waals surface area contributed by atoms with Crippen molar-refractivity contribution in [1.82, 2.24) is 9.97 Å². The van der Waals surface area contributed by atoms with E-state index in [2.05, 4.69) is 15.3 Å². The molecule has 0 spiro atoms. The van der Waals surface area contributed by atoms with E-state index in [9.17, 15) is 13.6 Å². The summed E-state index contributed by atoms with van der Waals surface area (Å²) in [6.07, 6.45) is 1.44. The number of aromatic nitrogens is 2. The van der Waals surface area contributed by atoms with E-state index in [-0.39, 0.29) is 23.2 Å². The predicted molar refractivity (Wildman–Crippen MR) is 100 cm³/mol. The summed E-state index contributed by atoms with van der Waals surface area (Å²) in [7, 11) is 0. The summed E-state index contributed by atoms with van der Waals surface area (Å²) < 4.78 is 26.4. The summed E-state index contributed by atoms with van der Waals surface area (Å²) in [6.45, 7) is 4.30. The van der Waals surface area contributed by atoms with Gasteiger partial charge in [0, 0.05) is 30.2 Å². The number of amides is 1. The summed E-state index contributed by atoms with van der Waals surface area (Å²) in [6, 6.07) is 12.5. The quantitative estimate of drug-likeness (QED) is 0.722. The molecule has 0 atom stereocenters. The fourth-order valence-electron chi connectivity index (χ4n) is 2.62. The zero-order chi connectivity index (χ0) is 19.4. The molecule has 0 bridgehead atoms. The van der Waals surface area contributed by atoms with Crippen LogP contribution in [-0.4, -0.2) is 22.4 Å². The first-order valence-corrected chi connectivity index (χ1v) is 8.41. The first kappa shape index (κ1) is 18.4. The molecule has 27 heavy (non-hydrogen) atoms. The van der Waals surface area contributed by atoms with Crippen LogP contribution in [0.3, 0.4) is 0 Å². The topological polar surface area (TPSA) is 58.1 Å². The average molecular weight is 368 g/mol. The van der Waals surface area contributed by atoms with Gasteiger partial charge in [-0.3, -0.25) is 4.79 Å². The van der Waals surface area contributed by atoms with Crippen LogP contribution in [0.1, 0.15) is 23.0 Å². The molecule has 0 radical (unpaired) electrons. The minimum absolute atomic E-state index is 0.118. The fourth-order valence-corrected chi connectivity index (χ4v) is 2.62. The number of carbonyl (C=O) groups is 1. The highest BCUT2D eigenvalue weighted by molar-refractivity contribution is 6.04. The molecule has 1 aromatic heterocycles. The van der Waals surface area contributed by atoms with Crippen LogP contribution < -0.4 is 10.2 Å². The Morgan fingerprint density at radius 3 is 2.63 bits per heavy atom. The second-order valence-corrected chi connectivity index (χ2v) is 5.91. The van der Waals surface area contributed by atoms with Gasteiger partial charge < -0.3 is 10.2 Å². The van der Waals surface area contributed by atoms with E-state index >= 15 is 0 Å². The summed E-state index contributed by atoms with van der Waals surface area (Å²) in [4.78, 5) is 22.7. The number of benzene rings is 2. The number of nitrogens with one attached hydrogen (secondary N) is 1. The number of nitrogens with zero attached hydrogens (tertiary/aromatic N) is 3. The van der Waals surface area contributed by atoms with Crippen LogP contribution in [0.2, 0.25) is 0 Å². The van der Waals surface area contributed by atoms with Crippen LogP contribution in [0.4, 0.5) is 26.1 Å². The first-order valence-electron chi connectivity index (χ1n) is 8.41. The smallest absolute Gasteiger partial charge is 0.277 e. The van der Waals surface area contributed by atoms with E-state index in [0.717, 1.165) is 23.4 Å². The molecule has 0 saturated carbocycles. The Hall–Kier alpha value is -3.35. The van der Waals surface area contributed by atoms with Crippen molar-refractivity contribution in [2.75, 3.05) is 16.8 Å². The Morgan fingerprint density at radius 1 is 1.11 bits per heavy atom. The molecule has 3 aromatic rings. The van der Waals surface area contributed by atoms with Crippen molar-refractivity contribution in [3.63, 3.8) is 0 Å². The predicted octanol–water partition coefficient (Wildman–Crippen LogP) is 4.47. The van der Waals surface area contributed by atoms with Gasteiger partial charge in [-0.25, -0.2) is 18.7 Å². The Bertz CT molecular complexity index is 978. The van der Waals surface area contributed by atoms with E-state index in [4.69, 9.17) is 0 Å². The molecule has 0 fully saturated rings. The molecule has 3 rings (SSSR count). The number of carbonyl (C=O) groups excluding carboxylic acids is 1. The van der Waals surface area contributed by atoms with E-state index in [1.165, 1.54) is 18.3 Å². The van der Waals surface area contributed by atoms with E-state index in [0.29, 0.717) is 6.54 Å². The highest BCUT2D eigenvalue weighted by Gasteiger charge is 2.18. The van der Waals surface area contributed by atoms with Gasteiger partial charge in [-0.05, 0) is 49.7 Å². The summed E-state index contributed by atoms with van der Waals surface area (Å²) in [5.74, 6) is -2.09. The second-order valence-electron chi connectivity index (χ2n) is 5.91. The maximum absolute atomic E-state index is 13.3.